The summed E-state index contributed by atoms with van der Waals surface area (Å²) in [7, 11) is 0. The van der Waals surface area contributed by atoms with E-state index >= 15 is 0 Å². The monoisotopic (exact) mass is 268 g/mol. The number of likely N-dealkylation sites (tertiary alicyclic amines) is 1. The minimum absolute atomic E-state index is 0.0310. The van der Waals surface area contributed by atoms with Crippen molar-refractivity contribution in [2.75, 3.05) is 13.1 Å². The molecular formula is C14H24N2O3. The topological polar surface area (TPSA) is 83.6 Å². The smallest absolute Gasteiger partial charge is 0.308 e. The van der Waals surface area contributed by atoms with Crippen LogP contribution in [0.3, 0.4) is 0 Å². The average Bonchev–Trinajstić information content (AvgIpc) is 2.62. The molecule has 5 heteroatoms. The van der Waals surface area contributed by atoms with Crippen molar-refractivity contribution < 1.29 is 14.7 Å². The summed E-state index contributed by atoms with van der Waals surface area (Å²) in [5.74, 6) is -1.23. The van der Waals surface area contributed by atoms with E-state index in [9.17, 15) is 9.59 Å². The van der Waals surface area contributed by atoms with Gasteiger partial charge < -0.3 is 15.7 Å². The molecule has 1 saturated carbocycles. The van der Waals surface area contributed by atoms with Crippen molar-refractivity contribution >= 4 is 11.9 Å². The lowest BCUT2D eigenvalue weighted by Crippen LogP contribution is -2.43. The summed E-state index contributed by atoms with van der Waals surface area (Å²) in [5.41, 5.74) is 6.11. The van der Waals surface area contributed by atoms with Crippen LogP contribution in [-0.4, -0.2) is 41.0 Å². The van der Waals surface area contributed by atoms with Gasteiger partial charge in [-0.3, -0.25) is 9.59 Å². The normalized spacial score (nSPS) is 36.0. The fourth-order valence-corrected chi connectivity index (χ4v) is 3.35. The van der Waals surface area contributed by atoms with Gasteiger partial charge in [0.15, 0.2) is 0 Å². The van der Waals surface area contributed by atoms with Gasteiger partial charge >= 0.3 is 5.97 Å². The molecule has 0 aromatic rings. The molecule has 1 aliphatic heterocycles. The van der Waals surface area contributed by atoms with Gasteiger partial charge in [-0.1, -0.05) is 26.2 Å². The second-order valence-electron chi connectivity index (χ2n) is 6.07. The summed E-state index contributed by atoms with van der Waals surface area (Å²) in [6.07, 6.45) is 5.05. The van der Waals surface area contributed by atoms with E-state index in [2.05, 4.69) is 0 Å². The number of hydrogen-bond donors (Lipinski definition) is 2. The first-order chi connectivity index (χ1) is 9.00. The Bertz CT molecular complexity index is 359. The number of hydrogen-bond acceptors (Lipinski definition) is 3. The molecule has 19 heavy (non-hydrogen) atoms. The summed E-state index contributed by atoms with van der Waals surface area (Å²) < 4.78 is 0. The molecule has 1 amide bonds. The van der Waals surface area contributed by atoms with Crippen LogP contribution in [0.15, 0.2) is 0 Å². The second kappa shape index (κ2) is 5.90. The Morgan fingerprint density at radius 2 is 1.79 bits per heavy atom. The molecule has 0 spiro atoms. The third-order valence-electron chi connectivity index (χ3n) is 4.63. The molecule has 2 rings (SSSR count). The number of nitrogens with zero attached hydrogens (tertiary/aromatic N) is 1. The molecule has 1 aliphatic carbocycles. The maximum absolute atomic E-state index is 12.5. The molecule has 4 unspecified atom stereocenters. The second-order valence-corrected chi connectivity index (χ2v) is 6.07. The minimum atomic E-state index is -0.798. The van der Waals surface area contributed by atoms with Crippen LogP contribution in [-0.2, 0) is 9.59 Å². The van der Waals surface area contributed by atoms with Crippen LogP contribution >= 0.6 is 0 Å². The Balaban J connectivity index is 2.01. The van der Waals surface area contributed by atoms with E-state index in [1.165, 1.54) is 0 Å². The van der Waals surface area contributed by atoms with E-state index in [1.54, 1.807) is 4.90 Å². The first kappa shape index (κ1) is 14.3. The summed E-state index contributed by atoms with van der Waals surface area (Å²) in [4.78, 5) is 25.4. The number of carbonyl (C=O) groups is 2. The Morgan fingerprint density at radius 3 is 2.42 bits per heavy atom. The van der Waals surface area contributed by atoms with Crippen LogP contribution in [0.25, 0.3) is 0 Å². The first-order valence-corrected chi connectivity index (χ1v) is 7.28. The maximum atomic E-state index is 12.5. The van der Waals surface area contributed by atoms with Gasteiger partial charge in [0, 0.05) is 19.1 Å². The molecule has 0 bridgehead atoms. The van der Waals surface area contributed by atoms with E-state index in [-0.39, 0.29) is 23.8 Å². The molecule has 1 saturated heterocycles. The van der Waals surface area contributed by atoms with E-state index in [1.807, 2.05) is 6.92 Å². The van der Waals surface area contributed by atoms with Crippen molar-refractivity contribution in [3.8, 4) is 0 Å². The number of carboxylic acids is 1. The minimum Gasteiger partial charge on any atom is -0.481 e. The maximum Gasteiger partial charge on any atom is 0.308 e. The van der Waals surface area contributed by atoms with E-state index in [4.69, 9.17) is 10.8 Å². The van der Waals surface area contributed by atoms with Gasteiger partial charge in [-0.25, -0.2) is 0 Å². The third-order valence-corrected chi connectivity index (χ3v) is 4.63. The summed E-state index contributed by atoms with van der Waals surface area (Å²) in [6, 6.07) is -0.0609. The zero-order valence-corrected chi connectivity index (χ0v) is 11.5. The van der Waals surface area contributed by atoms with Gasteiger partial charge in [-0.05, 0) is 18.8 Å². The van der Waals surface area contributed by atoms with Crippen LogP contribution in [0.5, 0.6) is 0 Å². The average molecular weight is 268 g/mol. The molecule has 3 N–H and O–H groups in total. The zero-order chi connectivity index (χ0) is 14.0. The molecule has 0 aromatic heterocycles. The van der Waals surface area contributed by atoms with Crippen molar-refractivity contribution in [1.82, 2.24) is 4.90 Å². The van der Waals surface area contributed by atoms with E-state index in [0.29, 0.717) is 13.1 Å². The molecule has 0 radical (unpaired) electrons. The molecule has 1 heterocycles. The number of aliphatic carboxylic acids is 1. The summed E-state index contributed by atoms with van der Waals surface area (Å²) >= 11 is 0. The Morgan fingerprint density at radius 1 is 1.11 bits per heavy atom. The van der Waals surface area contributed by atoms with Gasteiger partial charge in [0.1, 0.15) is 0 Å². The van der Waals surface area contributed by atoms with Gasteiger partial charge in [0.2, 0.25) is 5.91 Å². The Hall–Kier alpha value is -1.10. The Kier molecular flexibility index (Phi) is 4.45. The number of rotatable bonds is 2. The number of amides is 1. The summed E-state index contributed by atoms with van der Waals surface area (Å²) in [6.45, 7) is 2.80. The highest BCUT2D eigenvalue weighted by atomic mass is 16.4. The van der Waals surface area contributed by atoms with Crippen LogP contribution < -0.4 is 5.73 Å². The predicted octanol–water partition coefficient (Wildman–Crippen LogP) is 1.07. The number of carbonyl (C=O) groups excluding carboxylic acids is 1. The van der Waals surface area contributed by atoms with Crippen LogP contribution in [0, 0.1) is 17.8 Å². The predicted molar refractivity (Wildman–Crippen MR) is 71.4 cm³/mol. The third kappa shape index (κ3) is 3.08. The number of nitrogens with two attached hydrogens (primary N) is 1. The van der Waals surface area contributed by atoms with Gasteiger partial charge in [0.25, 0.3) is 0 Å². The SMILES string of the molecule is CC1CN(C(=O)C2CCCCCC2N)CC1C(=O)O. The molecular weight excluding hydrogens is 244 g/mol. The molecule has 4 atom stereocenters. The highest BCUT2D eigenvalue weighted by Gasteiger charge is 2.40. The van der Waals surface area contributed by atoms with Crippen LogP contribution in [0.2, 0.25) is 0 Å². The molecule has 2 aliphatic rings. The fraction of sp³-hybridized carbons (Fsp3) is 0.857. The highest BCUT2D eigenvalue weighted by Crippen LogP contribution is 2.29. The number of carboxylic acid groups (broad SMARTS) is 1. The van der Waals surface area contributed by atoms with Crippen LogP contribution in [0.4, 0.5) is 0 Å². The van der Waals surface area contributed by atoms with Gasteiger partial charge in [-0.2, -0.15) is 0 Å². The fourth-order valence-electron chi connectivity index (χ4n) is 3.35. The van der Waals surface area contributed by atoms with Gasteiger partial charge in [0.05, 0.1) is 11.8 Å². The van der Waals surface area contributed by atoms with Crippen LogP contribution in [0.1, 0.15) is 39.0 Å². The van der Waals surface area contributed by atoms with Crippen molar-refractivity contribution in [2.24, 2.45) is 23.5 Å². The van der Waals surface area contributed by atoms with Crippen molar-refractivity contribution in [1.29, 1.82) is 0 Å². The van der Waals surface area contributed by atoms with E-state index in [0.717, 1.165) is 32.1 Å². The van der Waals surface area contributed by atoms with E-state index < -0.39 is 11.9 Å². The quantitative estimate of drug-likeness (QED) is 0.734. The highest BCUT2D eigenvalue weighted by molar-refractivity contribution is 5.81. The zero-order valence-electron chi connectivity index (χ0n) is 11.5. The summed E-state index contributed by atoms with van der Waals surface area (Å²) in [5, 5.41) is 9.13. The van der Waals surface area contributed by atoms with Crippen molar-refractivity contribution in [3.63, 3.8) is 0 Å². The van der Waals surface area contributed by atoms with Crippen molar-refractivity contribution in [2.45, 2.75) is 45.1 Å². The lowest BCUT2D eigenvalue weighted by Gasteiger charge is -2.26. The van der Waals surface area contributed by atoms with Crippen molar-refractivity contribution in [3.05, 3.63) is 0 Å². The molecule has 5 nitrogen and oxygen atoms in total. The van der Waals surface area contributed by atoms with Gasteiger partial charge in [-0.15, -0.1) is 0 Å². The largest absolute Gasteiger partial charge is 0.481 e. The standard InChI is InChI=1S/C14H24N2O3/c1-9-7-16(8-11(9)14(18)19)13(17)10-5-3-2-4-6-12(10)15/h9-12H,2-8,15H2,1H3,(H,18,19). The molecule has 108 valence electrons. The first-order valence-electron chi connectivity index (χ1n) is 7.28. The Labute approximate surface area is 114 Å². The lowest BCUT2D eigenvalue weighted by molar-refractivity contribution is -0.142. The molecule has 0 aromatic carbocycles. The lowest BCUT2D eigenvalue weighted by atomic mass is 9.94. The molecule has 2 fully saturated rings.